The van der Waals surface area contributed by atoms with E-state index < -0.39 is 0 Å². The van der Waals surface area contributed by atoms with E-state index in [1.54, 1.807) is 0 Å². The Bertz CT molecular complexity index is 305. The quantitative estimate of drug-likeness (QED) is 0.133. The highest BCUT2D eigenvalue weighted by Gasteiger charge is 2.19. The number of alkyl halides is 2. The van der Waals surface area contributed by atoms with E-state index in [4.69, 9.17) is 0 Å². The van der Waals surface area contributed by atoms with Crippen LogP contribution >= 0.6 is 31.9 Å². The van der Waals surface area contributed by atoms with Crippen LogP contribution < -0.4 is 0 Å². The fraction of sp³-hybridized carbons (Fsp3) is 0.833. The molecule has 2 nitrogen and oxygen atoms in total. The van der Waals surface area contributed by atoms with Gasteiger partial charge in [0.1, 0.15) is 0 Å². The van der Waals surface area contributed by atoms with Gasteiger partial charge in [-0.25, -0.2) is 4.79 Å². The standard InChI is InChI=1S/C18H32Br2O2/c1-4-5-6-7-8-9-10-11-12-13-16(19)17(20)14-15(2)18(21)22-3/h16-17H,2,4-14H2,1,3H3. The van der Waals surface area contributed by atoms with Crippen molar-refractivity contribution in [1.82, 2.24) is 0 Å². The summed E-state index contributed by atoms with van der Waals surface area (Å²) >= 11 is 7.36. The highest BCUT2D eigenvalue weighted by atomic mass is 79.9. The molecule has 0 bridgehead atoms. The molecule has 2 unspecified atom stereocenters. The van der Waals surface area contributed by atoms with Crippen LogP contribution in [0.1, 0.15) is 77.6 Å². The van der Waals surface area contributed by atoms with Gasteiger partial charge in [-0.1, -0.05) is 103 Å². The third kappa shape index (κ3) is 11.7. The minimum absolute atomic E-state index is 0.230. The maximum atomic E-state index is 11.3. The van der Waals surface area contributed by atoms with Crippen LogP contribution in [0.25, 0.3) is 0 Å². The average Bonchev–Trinajstić information content (AvgIpc) is 2.51. The van der Waals surface area contributed by atoms with Crippen molar-refractivity contribution in [3.05, 3.63) is 12.2 Å². The molecule has 0 rings (SSSR count). The molecule has 0 saturated heterocycles. The van der Waals surface area contributed by atoms with Gasteiger partial charge in [-0.05, 0) is 12.8 Å². The van der Waals surface area contributed by atoms with Crippen molar-refractivity contribution in [3.63, 3.8) is 0 Å². The molecule has 22 heavy (non-hydrogen) atoms. The van der Waals surface area contributed by atoms with E-state index in [1.165, 1.54) is 64.9 Å². The van der Waals surface area contributed by atoms with Gasteiger partial charge < -0.3 is 4.74 Å². The van der Waals surface area contributed by atoms with Crippen molar-refractivity contribution in [2.75, 3.05) is 7.11 Å². The summed E-state index contributed by atoms with van der Waals surface area (Å²) in [5.74, 6) is -0.313. The second kappa shape index (κ2) is 14.7. The van der Waals surface area contributed by atoms with Crippen molar-refractivity contribution in [3.8, 4) is 0 Å². The second-order valence-electron chi connectivity index (χ2n) is 5.95. The number of hydrogen-bond donors (Lipinski definition) is 0. The summed E-state index contributed by atoms with van der Waals surface area (Å²) in [4.78, 5) is 11.9. The minimum atomic E-state index is -0.313. The molecule has 0 saturated carbocycles. The van der Waals surface area contributed by atoms with Gasteiger partial charge in [0.15, 0.2) is 0 Å². The summed E-state index contributed by atoms with van der Waals surface area (Å²) in [5.41, 5.74) is 0.529. The zero-order valence-electron chi connectivity index (χ0n) is 14.2. The third-order valence-electron chi connectivity index (χ3n) is 3.89. The summed E-state index contributed by atoms with van der Waals surface area (Å²) in [6.07, 6.45) is 13.9. The van der Waals surface area contributed by atoms with Crippen molar-refractivity contribution >= 4 is 37.8 Å². The Kier molecular flexibility index (Phi) is 14.9. The van der Waals surface area contributed by atoms with Crippen LogP contribution in [0.2, 0.25) is 0 Å². The number of esters is 1. The Morgan fingerprint density at radius 3 is 1.95 bits per heavy atom. The molecule has 2 atom stereocenters. The molecule has 4 heteroatoms. The topological polar surface area (TPSA) is 26.3 Å². The Morgan fingerprint density at radius 1 is 0.955 bits per heavy atom. The highest BCUT2D eigenvalue weighted by molar-refractivity contribution is 9.12. The Balaban J connectivity index is 3.57. The van der Waals surface area contributed by atoms with Gasteiger partial charge in [0.2, 0.25) is 0 Å². The van der Waals surface area contributed by atoms with Crippen molar-refractivity contribution < 1.29 is 9.53 Å². The van der Waals surface area contributed by atoms with Crippen LogP contribution in [0.5, 0.6) is 0 Å². The molecule has 0 N–H and O–H groups in total. The lowest BCUT2D eigenvalue weighted by molar-refractivity contribution is -0.136. The van der Waals surface area contributed by atoms with E-state index in [0.29, 0.717) is 16.8 Å². The van der Waals surface area contributed by atoms with Gasteiger partial charge in [0, 0.05) is 15.2 Å². The molecule has 0 fully saturated rings. The summed E-state index contributed by atoms with van der Waals surface area (Å²) in [6, 6.07) is 0. The van der Waals surface area contributed by atoms with E-state index in [1.807, 2.05) is 0 Å². The first-order valence-electron chi connectivity index (χ1n) is 8.57. The number of carbonyl (C=O) groups excluding carboxylic acids is 1. The zero-order chi connectivity index (χ0) is 16.8. The predicted molar refractivity (Wildman–Crippen MR) is 103 cm³/mol. The molecule has 0 heterocycles. The smallest absolute Gasteiger partial charge is 0.333 e. The average molecular weight is 440 g/mol. The molecule has 0 spiro atoms. The second-order valence-corrected chi connectivity index (χ2v) is 8.30. The van der Waals surface area contributed by atoms with Crippen LogP contribution in [0, 0.1) is 0 Å². The maximum Gasteiger partial charge on any atom is 0.333 e. The SMILES string of the molecule is C=C(CC(Br)C(Br)CCCCCCCCCCC)C(=O)OC. The lowest BCUT2D eigenvalue weighted by Crippen LogP contribution is -2.17. The van der Waals surface area contributed by atoms with Crippen molar-refractivity contribution in [2.45, 2.75) is 87.2 Å². The fourth-order valence-electron chi connectivity index (χ4n) is 2.42. The lowest BCUT2D eigenvalue weighted by Gasteiger charge is -2.17. The third-order valence-corrected chi connectivity index (χ3v) is 6.66. The van der Waals surface area contributed by atoms with E-state index >= 15 is 0 Å². The molecule has 0 aliphatic rings. The molecular formula is C18H32Br2O2. The molecule has 0 aliphatic heterocycles. The van der Waals surface area contributed by atoms with Gasteiger partial charge in [-0.15, -0.1) is 0 Å². The largest absolute Gasteiger partial charge is 0.466 e. The number of unbranched alkanes of at least 4 members (excludes halogenated alkanes) is 8. The van der Waals surface area contributed by atoms with E-state index in [9.17, 15) is 4.79 Å². The molecule has 0 amide bonds. The van der Waals surface area contributed by atoms with Crippen molar-refractivity contribution in [1.29, 1.82) is 0 Å². The lowest BCUT2D eigenvalue weighted by atomic mass is 10.0. The maximum absolute atomic E-state index is 11.3. The number of ether oxygens (including phenoxy) is 1. The number of methoxy groups -OCH3 is 1. The molecule has 130 valence electrons. The first-order chi connectivity index (χ1) is 10.5. The van der Waals surface area contributed by atoms with Crippen LogP contribution in [-0.4, -0.2) is 22.7 Å². The van der Waals surface area contributed by atoms with Crippen LogP contribution in [0.15, 0.2) is 12.2 Å². The van der Waals surface area contributed by atoms with E-state index in [-0.39, 0.29) is 10.8 Å². The zero-order valence-corrected chi connectivity index (χ0v) is 17.4. The van der Waals surface area contributed by atoms with Gasteiger partial charge in [-0.3, -0.25) is 0 Å². The number of rotatable bonds is 14. The van der Waals surface area contributed by atoms with Crippen LogP contribution in [0.4, 0.5) is 0 Å². The minimum Gasteiger partial charge on any atom is -0.466 e. The molecule has 0 aliphatic carbocycles. The van der Waals surface area contributed by atoms with Gasteiger partial charge >= 0.3 is 5.97 Å². The Morgan fingerprint density at radius 2 is 1.45 bits per heavy atom. The number of hydrogen-bond acceptors (Lipinski definition) is 2. The molecule has 0 aromatic heterocycles. The molecule has 0 radical (unpaired) electrons. The monoisotopic (exact) mass is 438 g/mol. The summed E-state index contributed by atoms with van der Waals surface area (Å²) in [6.45, 7) is 6.03. The molecule has 0 aromatic carbocycles. The summed E-state index contributed by atoms with van der Waals surface area (Å²) in [7, 11) is 1.39. The van der Waals surface area contributed by atoms with Gasteiger partial charge in [-0.2, -0.15) is 0 Å². The van der Waals surface area contributed by atoms with Gasteiger partial charge in [0.05, 0.1) is 7.11 Å². The van der Waals surface area contributed by atoms with Crippen LogP contribution in [0.3, 0.4) is 0 Å². The Hall–Kier alpha value is 0.170. The fourth-order valence-corrected chi connectivity index (χ4v) is 3.59. The number of halogens is 2. The first kappa shape index (κ1) is 22.2. The molecule has 0 aromatic rings. The highest BCUT2D eigenvalue weighted by Crippen LogP contribution is 2.26. The number of carbonyl (C=O) groups is 1. The Labute approximate surface area is 153 Å². The van der Waals surface area contributed by atoms with Crippen LogP contribution in [-0.2, 0) is 9.53 Å². The summed E-state index contributed by atoms with van der Waals surface area (Å²) in [5, 5.41) is 0. The predicted octanol–water partition coefficient (Wildman–Crippen LogP) is 6.55. The van der Waals surface area contributed by atoms with Crippen molar-refractivity contribution in [2.24, 2.45) is 0 Å². The van der Waals surface area contributed by atoms with E-state index in [0.717, 1.165) is 6.42 Å². The van der Waals surface area contributed by atoms with E-state index in [2.05, 4.69) is 50.1 Å². The normalized spacial score (nSPS) is 13.6. The van der Waals surface area contributed by atoms with Gasteiger partial charge in [0.25, 0.3) is 0 Å². The first-order valence-corrected chi connectivity index (χ1v) is 10.4. The summed E-state index contributed by atoms with van der Waals surface area (Å²) < 4.78 is 4.68. The molecular weight excluding hydrogens is 408 g/mol.